The number of carbonyl (C=O) groups is 1. The normalized spacial score (nSPS) is 18.9. The molecule has 0 N–H and O–H groups in total. The third kappa shape index (κ3) is 5.26. The summed E-state index contributed by atoms with van der Waals surface area (Å²) in [7, 11) is -2.19. The number of rotatable bonds is 7. The zero-order valence-corrected chi connectivity index (χ0v) is 13.4. The summed E-state index contributed by atoms with van der Waals surface area (Å²) in [4.78, 5) is 13.1. The average molecular weight is 317 g/mol. The monoisotopic (exact) mass is 317 g/mol. The zero-order chi connectivity index (χ0) is 15.9. The molecule has 0 radical (unpaired) electrons. The van der Waals surface area contributed by atoms with Gasteiger partial charge in [-0.1, -0.05) is 13.3 Å². The highest BCUT2D eigenvalue weighted by atomic mass is 32.2. The number of nitriles is 1. The largest absolute Gasteiger partial charge is 0.469 e. The first-order valence-corrected chi connectivity index (χ1v) is 8.73. The molecular weight excluding hydrogens is 294 g/mol. The predicted octanol–water partition coefficient (Wildman–Crippen LogP) is 0.189. The van der Waals surface area contributed by atoms with Crippen molar-refractivity contribution in [2.24, 2.45) is 0 Å². The number of piperazine rings is 1. The second-order valence-corrected chi connectivity index (χ2v) is 7.10. The quantitative estimate of drug-likeness (QED) is 0.623. The van der Waals surface area contributed by atoms with Gasteiger partial charge >= 0.3 is 5.97 Å². The van der Waals surface area contributed by atoms with Crippen LogP contribution in [0.2, 0.25) is 0 Å². The predicted molar refractivity (Wildman–Crippen MR) is 77.9 cm³/mol. The molecule has 120 valence electrons. The van der Waals surface area contributed by atoms with Gasteiger partial charge < -0.3 is 4.74 Å². The molecule has 7 nitrogen and oxygen atoms in total. The third-order valence-electron chi connectivity index (χ3n) is 3.61. The van der Waals surface area contributed by atoms with Gasteiger partial charge in [-0.25, -0.2) is 8.42 Å². The second-order valence-electron chi connectivity index (χ2n) is 5.01. The summed E-state index contributed by atoms with van der Waals surface area (Å²) in [5.74, 6) is -0.749. The Morgan fingerprint density at radius 2 is 1.95 bits per heavy atom. The van der Waals surface area contributed by atoms with E-state index in [1.54, 1.807) is 0 Å². The topological polar surface area (TPSA) is 90.7 Å². The van der Waals surface area contributed by atoms with E-state index >= 15 is 0 Å². The Morgan fingerprint density at radius 3 is 2.43 bits per heavy atom. The van der Waals surface area contributed by atoms with Crippen LogP contribution in [-0.4, -0.2) is 68.7 Å². The van der Waals surface area contributed by atoms with Gasteiger partial charge in [0.25, 0.3) is 0 Å². The van der Waals surface area contributed by atoms with Gasteiger partial charge in [-0.2, -0.15) is 9.57 Å². The number of carbonyl (C=O) groups excluding carboxylic acids is 1. The van der Waals surface area contributed by atoms with Gasteiger partial charge in [-0.3, -0.25) is 9.69 Å². The molecule has 1 aliphatic heterocycles. The number of ether oxygens (including phenoxy) is 1. The first-order valence-electron chi connectivity index (χ1n) is 7.13. The van der Waals surface area contributed by atoms with Gasteiger partial charge in [0, 0.05) is 26.2 Å². The highest BCUT2D eigenvalue weighted by Crippen LogP contribution is 2.14. The summed E-state index contributed by atoms with van der Waals surface area (Å²) in [6, 6.07) is 2.13. The van der Waals surface area contributed by atoms with E-state index in [2.05, 4.69) is 10.8 Å². The van der Waals surface area contributed by atoms with E-state index < -0.39 is 16.0 Å². The number of esters is 1. The minimum Gasteiger partial charge on any atom is -0.469 e. The molecule has 0 aromatic rings. The van der Waals surface area contributed by atoms with Crippen LogP contribution in [-0.2, 0) is 19.6 Å². The molecule has 1 unspecified atom stereocenters. The van der Waals surface area contributed by atoms with Gasteiger partial charge in [-0.15, -0.1) is 0 Å². The van der Waals surface area contributed by atoms with Gasteiger partial charge in [0.1, 0.15) is 0 Å². The van der Waals surface area contributed by atoms with Crippen LogP contribution in [0, 0.1) is 11.3 Å². The molecule has 1 aliphatic rings. The third-order valence-corrected chi connectivity index (χ3v) is 5.48. The van der Waals surface area contributed by atoms with Crippen molar-refractivity contribution in [3.63, 3.8) is 0 Å². The SMILES string of the molecule is CCCC(C#N)N1CCN(S(=O)(=O)CCC(=O)OC)CC1. The van der Waals surface area contributed by atoms with Crippen LogP contribution in [0.25, 0.3) is 0 Å². The van der Waals surface area contributed by atoms with E-state index in [9.17, 15) is 13.2 Å². The minimum atomic E-state index is -3.43. The Morgan fingerprint density at radius 1 is 1.33 bits per heavy atom. The molecule has 0 aromatic carbocycles. The number of hydrogen-bond donors (Lipinski definition) is 0. The van der Waals surface area contributed by atoms with Crippen LogP contribution >= 0.6 is 0 Å². The Bertz CT molecular complexity index is 478. The maximum atomic E-state index is 12.1. The lowest BCUT2D eigenvalue weighted by atomic mass is 10.1. The van der Waals surface area contributed by atoms with Crippen molar-refractivity contribution in [3.8, 4) is 6.07 Å². The van der Waals surface area contributed by atoms with Crippen LogP contribution in [0.1, 0.15) is 26.2 Å². The minimum absolute atomic E-state index is 0.129. The molecular formula is C13H23N3O4S. The lowest BCUT2D eigenvalue weighted by Gasteiger charge is -2.36. The summed E-state index contributed by atoms with van der Waals surface area (Å²) in [6.45, 7) is 3.86. The van der Waals surface area contributed by atoms with Crippen molar-refractivity contribution < 1.29 is 17.9 Å². The molecule has 1 atom stereocenters. The highest BCUT2D eigenvalue weighted by molar-refractivity contribution is 7.89. The maximum Gasteiger partial charge on any atom is 0.306 e. The molecule has 0 amide bonds. The summed E-state index contributed by atoms with van der Waals surface area (Å²) < 4.78 is 30.1. The van der Waals surface area contributed by atoms with Crippen molar-refractivity contribution in [2.75, 3.05) is 39.0 Å². The summed E-state index contributed by atoms with van der Waals surface area (Å²) in [6.07, 6.45) is 1.59. The fourth-order valence-corrected chi connectivity index (χ4v) is 3.74. The molecule has 0 spiro atoms. The Hall–Kier alpha value is -1.17. The van der Waals surface area contributed by atoms with Crippen LogP contribution in [0.15, 0.2) is 0 Å². The van der Waals surface area contributed by atoms with Crippen molar-refractivity contribution in [3.05, 3.63) is 0 Å². The molecule has 0 aliphatic carbocycles. The van der Waals surface area contributed by atoms with Gasteiger partial charge in [0.05, 0.1) is 31.4 Å². The van der Waals surface area contributed by atoms with Gasteiger partial charge in [-0.05, 0) is 6.42 Å². The lowest BCUT2D eigenvalue weighted by molar-refractivity contribution is -0.140. The Balaban J connectivity index is 2.52. The molecule has 1 fully saturated rings. The molecule has 1 heterocycles. The fourth-order valence-electron chi connectivity index (χ4n) is 2.34. The Labute approximate surface area is 126 Å². The van der Waals surface area contributed by atoms with Crippen LogP contribution < -0.4 is 0 Å². The Kier molecular flexibility index (Phi) is 7.08. The maximum absolute atomic E-state index is 12.1. The average Bonchev–Trinajstić information content (AvgIpc) is 2.50. The number of nitrogens with zero attached hydrogens (tertiary/aromatic N) is 3. The molecule has 0 saturated carbocycles. The zero-order valence-electron chi connectivity index (χ0n) is 12.6. The van der Waals surface area contributed by atoms with Gasteiger partial charge in [0.15, 0.2) is 0 Å². The smallest absolute Gasteiger partial charge is 0.306 e. The standard InChI is InChI=1S/C13H23N3O4S/c1-3-4-12(11-14)15-6-8-16(9-7-15)21(18,19)10-5-13(17)20-2/h12H,3-10H2,1-2H3. The number of hydrogen-bond acceptors (Lipinski definition) is 6. The van der Waals surface area contributed by atoms with Crippen molar-refractivity contribution in [1.29, 1.82) is 5.26 Å². The number of methoxy groups -OCH3 is 1. The molecule has 1 rings (SSSR count). The van der Waals surface area contributed by atoms with E-state index in [0.717, 1.165) is 12.8 Å². The van der Waals surface area contributed by atoms with E-state index in [-0.39, 0.29) is 18.2 Å². The highest BCUT2D eigenvalue weighted by Gasteiger charge is 2.29. The van der Waals surface area contributed by atoms with Crippen molar-refractivity contribution >= 4 is 16.0 Å². The molecule has 0 aromatic heterocycles. The molecule has 8 heteroatoms. The van der Waals surface area contributed by atoms with E-state index in [1.165, 1.54) is 11.4 Å². The first kappa shape index (κ1) is 17.9. The van der Waals surface area contributed by atoms with E-state index in [4.69, 9.17) is 5.26 Å². The number of sulfonamides is 1. The molecule has 1 saturated heterocycles. The lowest BCUT2D eigenvalue weighted by Crippen LogP contribution is -2.52. The molecule has 0 bridgehead atoms. The summed E-state index contributed by atoms with van der Waals surface area (Å²) >= 11 is 0. The van der Waals surface area contributed by atoms with Crippen molar-refractivity contribution in [1.82, 2.24) is 9.21 Å². The summed E-state index contributed by atoms with van der Waals surface area (Å²) in [5.41, 5.74) is 0. The van der Waals surface area contributed by atoms with Crippen LogP contribution in [0.3, 0.4) is 0 Å². The fraction of sp³-hybridized carbons (Fsp3) is 0.846. The van der Waals surface area contributed by atoms with Crippen molar-refractivity contribution in [2.45, 2.75) is 32.2 Å². The molecule has 21 heavy (non-hydrogen) atoms. The summed E-state index contributed by atoms with van der Waals surface area (Å²) in [5, 5.41) is 9.13. The van der Waals surface area contributed by atoms with Crippen LogP contribution in [0.4, 0.5) is 0 Å². The van der Waals surface area contributed by atoms with Gasteiger partial charge in [0.2, 0.25) is 10.0 Å². The van der Waals surface area contributed by atoms with E-state index in [1.807, 2.05) is 11.8 Å². The van der Waals surface area contributed by atoms with Crippen LogP contribution in [0.5, 0.6) is 0 Å². The second kappa shape index (κ2) is 8.32. The first-order chi connectivity index (χ1) is 9.94. The van der Waals surface area contributed by atoms with E-state index in [0.29, 0.717) is 26.2 Å².